The second kappa shape index (κ2) is 12.3. The lowest BCUT2D eigenvalue weighted by Gasteiger charge is -2.46. The zero-order valence-corrected chi connectivity index (χ0v) is 22.0. The summed E-state index contributed by atoms with van der Waals surface area (Å²) in [5.74, 6) is 0.327. The zero-order valence-electron chi connectivity index (χ0n) is 22.0. The molecular formula is C28H44N4O3. The highest BCUT2D eigenvalue weighted by Crippen LogP contribution is 2.30. The molecule has 1 aromatic carbocycles. The Morgan fingerprint density at radius 3 is 2.43 bits per heavy atom. The predicted octanol–water partition coefficient (Wildman–Crippen LogP) is 3.37. The van der Waals surface area contributed by atoms with Crippen molar-refractivity contribution in [2.24, 2.45) is 5.92 Å². The molecule has 1 aromatic rings. The Labute approximate surface area is 211 Å². The molecule has 0 aromatic heterocycles. The van der Waals surface area contributed by atoms with Gasteiger partial charge in [0, 0.05) is 70.7 Å². The number of carbonyl (C=O) groups is 2. The number of carbonyl (C=O) groups excluding carboxylic acids is 2. The van der Waals surface area contributed by atoms with Crippen molar-refractivity contribution in [2.45, 2.75) is 71.0 Å². The summed E-state index contributed by atoms with van der Waals surface area (Å²) >= 11 is 0. The Hall–Kier alpha value is -1.96. The molecule has 194 valence electrons. The van der Waals surface area contributed by atoms with Gasteiger partial charge in [-0.1, -0.05) is 37.5 Å². The van der Waals surface area contributed by atoms with Crippen LogP contribution in [0.5, 0.6) is 0 Å². The fourth-order valence-corrected chi connectivity index (χ4v) is 5.94. The second-order valence-corrected chi connectivity index (χ2v) is 10.8. The second-order valence-electron chi connectivity index (χ2n) is 10.8. The number of fused-ring (bicyclic) bond motifs is 1. The summed E-state index contributed by atoms with van der Waals surface area (Å²) in [4.78, 5) is 35.6. The highest BCUT2D eigenvalue weighted by atomic mass is 16.5. The first-order valence-corrected chi connectivity index (χ1v) is 13.6. The molecule has 4 rings (SSSR count). The van der Waals surface area contributed by atoms with Crippen molar-refractivity contribution in [1.29, 1.82) is 0 Å². The van der Waals surface area contributed by atoms with Crippen molar-refractivity contribution in [3.63, 3.8) is 0 Å². The van der Waals surface area contributed by atoms with Gasteiger partial charge in [-0.15, -0.1) is 0 Å². The maximum atomic E-state index is 13.7. The SMILES string of the molecule is COCC(=O)N1CCCN(C(C)C)CCN(C(=O)C2CN(C3CCCCC3)C2)Cc2ccccc21. The van der Waals surface area contributed by atoms with Crippen LogP contribution in [0.2, 0.25) is 0 Å². The van der Waals surface area contributed by atoms with Gasteiger partial charge in [0.25, 0.3) is 5.91 Å². The van der Waals surface area contributed by atoms with Gasteiger partial charge < -0.3 is 14.5 Å². The number of rotatable bonds is 5. The van der Waals surface area contributed by atoms with Crippen LogP contribution >= 0.6 is 0 Å². The van der Waals surface area contributed by atoms with Crippen LogP contribution in [-0.4, -0.2) is 91.6 Å². The number of likely N-dealkylation sites (tertiary alicyclic amines) is 1. The normalized spacial score (nSPS) is 21.9. The number of hydrogen-bond acceptors (Lipinski definition) is 5. The van der Waals surface area contributed by atoms with Crippen molar-refractivity contribution >= 4 is 17.5 Å². The summed E-state index contributed by atoms with van der Waals surface area (Å²) in [7, 11) is 1.56. The molecule has 7 nitrogen and oxygen atoms in total. The largest absolute Gasteiger partial charge is 0.375 e. The molecule has 3 aliphatic rings. The van der Waals surface area contributed by atoms with E-state index in [9.17, 15) is 9.59 Å². The highest BCUT2D eigenvalue weighted by Gasteiger charge is 2.39. The molecule has 1 saturated carbocycles. The summed E-state index contributed by atoms with van der Waals surface area (Å²) in [6, 6.07) is 9.13. The number of para-hydroxylation sites is 1. The van der Waals surface area contributed by atoms with E-state index in [1.165, 1.54) is 32.1 Å². The first-order valence-electron chi connectivity index (χ1n) is 13.6. The summed E-state index contributed by atoms with van der Waals surface area (Å²) in [5.41, 5.74) is 1.94. The molecule has 2 aliphatic heterocycles. The molecule has 2 heterocycles. The minimum Gasteiger partial charge on any atom is -0.375 e. The van der Waals surface area contributed by atoms with E-state index in [1.54, 1.807) is 7.11 Å². The minimum atomic E-state index is -0.0321. The number of methoxy groups -OCH3 is 1. The van der Waals surface area contributed by atoms with Gasteiger partial charge >= 0.3 is 0 Å². The van der Waals surface area contributed by atoms with Crippen LogP contribution in [0.25, 0.3) is 0 Å². The fourth-order valence-electron chi connectivity index (χ4n) is 5.94. The van der Waals surface area contributed by atoms with E-state index >= 15 is 0 Å². The molecule has 0 bridgehead atoms. The minimum absolute atomic E-state index is 0.0321. The van der Waals surface area contributed by atoms with Crippen molar-refractivity contribution in [3.05, 3.63) is 29.8 Å². The Morgan fingerprint density at radius 1 is 0.971 bits per heavy atom. The van der Waals surface area contributed by atoms with E-state index < -0.39 is 0 Å². The zero-order chi connectivity index (χ0) is 24.8. The summed E-state index contributed by atoms with van der Waals surface area (Å²) in [6.45, 7) is 9.94. The maximum absolute atomic E-state index is 13.7. The first kappa shape index (κ1) is 26.1. The van der Waals surface area contributed by atoms with E-state index in [4.69, 9.17) is 4.74 Å². The van der Waals surface area contributed by atoms with Crippen molar-refractivity contribution in [1.82, 2.24) is 14.7 Å². The van der Waals surface area contributed by atoms with Gasteiger partial charge in [0.1, 0.15) is 6.61 Å². The maximum Gasteiger partial charge on any atom is 0.252 e. The molecule has 0 unspecified atom stereocenters. The van der Waals surface area contributed by atoms with Crippen LogP contribution in [0.15, 0.2) is 24.3 Å². The van der Waals surface area contributed by atoms with Crippen molar-refractivity contribution in [2.75, 3.05) is 57.9 Å². The fraction of sp³-hybridized carbons (Fsp3) is 0.714. The van der Waals surface area contributed by atoms with Gasteiger partial charge in [0.2, 0.25) is 5.91 Å². The van der Waals surface area contributed by atoms with E-state index in [-0.39, 0.29) is 24.3 Å². The van der Waals surface area contributed by atoms with Gasteiger partial charge in [-0.05, 0) is 44.7 Å². The molecule has 0 radical (unpaired) electrons. The smallest absolute Gasteiger partial charge is 0.252 e. The van der Waals surface area contributed by atoms with Crippen LogP contribution in [0.4, 0.5) is 5.69 Å². The molecule has 1 saturated heterocycles. The van der Waals surface area contributed by atoms with E-state index in [2.05, 4.69) is 34.6 Å². The average Bonchev–Trinajstić information content (AvgIpc) is 2.86. The van der Waals surface area contributed by atoms with Gasteiger partial charge in [-0.2, -0.15) is 0 Å². The van der Waals surface area contributed by atoms with E-state index in [0.717, 1.165) is 50.4 Å². The molecule has 0 spiro atoms. The topological polar surface area (TPSA) is 56.3 Å². The molecule has 35 heavy (non-hydrogen) atoms. The molecule has 1 aliphatic carbocycles. The summed E-state index contributed by atoms with van der Waals surface area (Å²) in [6.07, 6.45) is 7.46. The molecule has 2 amide bonds. The standard InChI is InChI=1S/C28H44N4O3/c1-22(2)29-14-9-15-32(27(33)21-35-3)26-13-8-7-10-23(26)18-30(17-16-29)28(34)24-19-31(20-24)25-11-5-4-6-12-25/h7-8,10,13,22,24-25H,4-6,9,11-12,14-21H2,1-3H3. The number of hydrogen-bond donors (Lipinski definition) is 0. The quantitative estimate of drug-likeness (QED) is 0.641. The van der Waals surface area contributed by atoms with Crippen LogP contribution < -0.4 is 4.90 Å². The summed E-state index contributed by atoms with van der Waals surface area (Å²) < 4.78 is 5.19. The number of amides is 2. The molecular weight excluding hydrogens is 440 g/mol. The molecule has 0 atom stereocenters. The number of anilines is 1. The Balaban J connectivity index is 1.53. The third-order valence-corrected chi connectivity index (χ3v) is 8.09. The van der Waals surface area contributed by atoms with Crippen LogP contribution in [-0.2, 0) is 20.9 Å². The average molecular weight is 485 g/mol. The van der Waals surface area contributed by atoms with Gasteiger partial charge in [0.05, 0.1) is 5.92 Å². The highest BCUT2D eigenvalue weighted by molar-refractivity contribution is 5.95. The number of ether oxygens (including phenoxy) is 1. The molecule has 7 heteroatoms. The van der Waals surface area contributed by atoms with E-state index in [0.29, 0.717) is 25.2 Å². The van der Waals surface area contributed by atoms with Gasteiger partial charge in [0.15, 0.2) is 0 Å². The lowest BCUT2D eigenvalue weighted by atomic mass is 9.88. The van der Waals surface area contributed by atoms with Crippen LogP contribution in [0.3, 0.4) is 0 Å². The molecule has 0 N–H and O–H groups in total. The third-order valence-electron chi connectivity index (χ3n) is 8.09. The van der Waals surface area contributed by atoms with Crippen LogP contribution in [0.1, 0.15) is 57.9 Å². The van der Waals surface area contributed by atoms with E-state index in [1.807, 2.05) is 23.1 Å². The Kier molecular flexibility index (Phi) is 9.20. The Bertz CT molecular complexity index is 848. The number of nitrogens with zero attached hydrogens (tertiary/aromatic N) is 4. The third kappa shape index (κ3) is 6.43. The monoisotopic (exact) mass is 484 g/mol. The summed E-state index contributed by atoms with van der Waals surface area (Å²) in [5, 5.41) is 0. The predicted molar refractivity (Wildman–Crippen MR) is 139 cm³/mol. The van der Waals surface area contributed by atoms with Crippen molar-refractivity contribution < 1.29 is 14.3 Å². The number of benzene rings is 1. The first-order chi connectivity index (χ1) is 17.0. The van der Waals surface area contributed by atoms with Gasteiger partial charge in [-0.3, -0.25) is 19.4 Å². The Morgan fingerprint density at radius 2 is 1.71 bits per heavy atom. The molecule has 2 fully saturated rings. The van der Waals surface area contributed by atoms with Crippen LogP contribution in [0, 0.1) is 5.92 Å². The van der Waals surface area contributed by atoms with Crippen molar-refractivity contribution in [3.8, 4) is 0 Å². The van der Waals surface area contributed by atoms with Gasteiger partial charge in [-0.25, -0.2) is 0 Å². The lowest BCUT2D eigenvalue weighted by Crippen LogP contribution is -2.58. The lowest BCUT2D eigenvalue weighted by molar-refractivity contribution is -0.143.